The van der Waals surface area contributed by atoms with Crippen molar-refractivity contribution in [3.63, 3.8) is 0 Å². The second-order valence-electron chi connectivity index (χ2n) is 7.65. The number of anilines is 1. The van der Waals surface area contributed by atoms with Gasteiger partial charge in [0, 0.05) is 36.7 Å². The van der Waals surface area contributed by atoms with Crippen LogP contribution >= 0.6 is 0 Å². The maximum Gasteiger partial charge on any atom is 0.321 e. The van der Waals surface area contributed by atoms with Gasteiger partial charge in [-0.1, -0.05) is 6.07 Å². The number of carboxylic acid groups (broad SMARTS) is 1. The molecule has 0 radical (unpaired) electrons. The van der Waals surface area contributed by atoms with Crippen molar-refractivity contribution in [1.29, 1.82) is 5.41 Å². The fourth-order valence-corrected chi connectivity index (χ4v) is 3.61. The number of nitrogens with one attached hydrogen (secondary N) is 3. The van der Waals surface area contributed by atoms with E-state index < -0.39 is 17.9 Å². The molecule has 0 bridgehead atoms. The molecule has 1 fully saturated rings. The van der Waals surface area contributed by atoms with E-state index in [0.29, 0.717) is 36.2 Å². The van der Waals surface area contributed by atoms with Crippen LogP contribution in [-0.2, 0) is 9.59 Å². The number of urea groups is 1. The maximum atomic E-state index is 12.9. The van der Waals surface area contributed by atoms with Crippen molar-refractivity contribution < 1.29 is 19.5 Å². The molecule has 0 saturated carbocycles. The average Bonchev–Trinajstić information content (AvgIpc) is 2.79. The van der Waals surface area contributed by atoms with Gasteiger partial charge in [0.1, 0.15) is 5.84 Å². The highest BCUT2D eigenvalue weighted by Gasteiger charge is 2.30. The number of pyridine rings is 1. The normalized spacial score (nSPS) is 16.6. The zero-order chi connectivity index (χ0) is 23.1. The Morgan fingerprint density at radius 2 is 2.00 bits per heavy atom. The number of carboxylic acids is 1. The molecule has 32 heavy (non-hydrogen) atoms. The number of carbonyl (C=O) groups is 3. The zero-order valence-electron chi connectivity index (χ0n) is 17.5. The standard InChI is InChI=1S/C22H26N6O4/c23-20(24)14-5-7-17(8-6-14)26-22(32)28-10-2-4-16(13-28)21(31)27-18(11-19(29)30)15-3-1-9-25-12-15/h1,3,5-9,12,16,18H,2,4,10-11,13H2,(H3,23,24)(H,26,32)(H,27,31)(H,29,30). The summed E-state index contributed by atoms with van der Waals surface area (Å²) in [6.45, 7) is 0.748. The first-order chi connectivity index (χ1) is 15.3. The number of piperidine rings is 1. The number of likely N-dealkylation sites (tertiary alicyclic amines) is 1. The van der Waals surface area contributed by atoms with Crippen LogP contribution in [0.25, 0.3) is 0 Å². The molecule has 1 aliphatic heterocycles. The lowest BCUT2D eigenvalue weighted by molar-refractivity contribution is -0.138. The molecular formula is C22H26N6O4. The Labute approximate surface area is 185 Å². The van der Waals surface area contributed by atoms with Gasteiger partial charge < -0.3 is 26.4 Å². The molecule has 1 saturated heterocycles. The number of nitrogens with zero attached hydrogens (tertiary/aromatic N) is 2. The largest absolute Gasteiger partial charge is 0.481 e. The third-order valence-corrected chi connectivity index (χ3v) is 5.31. The monoisotopic (exact) mass is 438 g/mol. The van der Waals surface area contributed by atoms with Crippen LogP contribution in [0.3, 0.4) is 0 Å². The Bertz CT molecular complexity index is 980. The molecule has 168 valence electrons. The summed E-state index contributed by atoms with van der Waals surface area (Å²) < 4.78 is 0. The molecule has 3 rings (SSSR count). The molecule has 2 aromatic rings. The maximum absolute atomic E-state index is 12.9. The molecule has 10 heteroatoms. The molecule has 1 aliphatic rings. The van der Waals surface area contributed by atoms with Gasteiger partial charge in [-0.25, -0.2) is 4.79 Å². The first kappa shape index (κ1) is 22.7. The van der Waals surface area contributed by atoms with Crippen LogP contribution in [0, 0.1) is 11.3 Å². The number of carbonyl (C=O) groups excluding carboxylic acids is 2. The Hall–Kier alpha value is -3.95. The summed E-state index contributed by atoms with van der Waals surface area (Å²) >= 11 is 0. The lowest BCUT2D eigenvalue weighted by atomic mass is 9.96. The summed E-state index contributed by atoms with van der Waals surface area (Å²) in [5, 5.41) is 22.2. The van der Waals surface area contributed by atoms with Gasteiger partial charge in [-0.05, 0) is 48.7 Å². The molecule has 1 aromatic carbocycles. The van der Waals surface area contributed by atoms with E-state index >= 15 is 0 Å². The second kappa shape index (κ2) is 10.4. The summed E-state index contributed by atoms with van der Waals surface area (Å²) in [6.07, 6.45) is 4.12. The molecule has 2 atom stereocenters. The minimum atomic E-state index is -1.03. The van der Waals surface area contributed by atoms with Gasteiger partial charge in [-0.3, -0.25) is 20.0 Å². The van der Waals surface area contributed by atoms with Crippen LogP contribution in [0.4, 0.5) is 10.5 Å². The highest BCUT2D eigenvalue weighted by molar-refractivity contribution is 5.96. The van der Waals surface area contributed by atoms with Crippen LogP contribution in [0.1, 0.15) is 36.4 Å². The third kappa shape index (κ3) is 6.03. The van der Waals surface area contributed by atoms with Gasteiger partial charge in [-0.15, -0.1) is 0 Å². The number of aliphatic carboxylic acids is 1. The molecule has 10 nitrogen and oxygen atoms in total. The number of nitrogens with two attached hydrogens (primary N) is 1. The Balaban J connectivity index is 1.61. The van der Waals surface area contributed by atoms with E-state index in [4.69, 9.17) is 11.1 Å². The SMILES string of the molecule is N=C(N)c1ccc(NC(=O)N2CCCC(C(=O)NC(CC(=O)O)c3cccnc3)C2)cc1. The van der Waals surface area contributed by atoms with Crippen molar-refractivity contribution in [3.8, 4) is 0 Å². The van der Waals surface area contributed by atoms with Crippen molar-refractivity contribution in [2.45, 2.75) is 25.3 Å². The van der Waals surface area contributed by atoms with Crippen LogP contribution in [0.15, 0.2) is 48.8 Å². The number of amides is 3. The number of amidine groups is 1. The smallest absolute Gasteiger partial charge is 0.321 e. The van der Waals surface area contributed by atoms with Crippen LogP contribution in [0.5, 0.6) is 0 Å². The lowest BCUT2D eigenvalue weighted by Crippen LogP contribution is -2.47. The lowest BCUT2D eigenvalue weighted by Gasteiger charge is -2.33. The number of benzene rings is 1. The summed E-state index contributed by atoms with van der Waals surface area (Å²) in [5.74, 6) is -1.81. The molecule has 2 unspecified atom stereocenters. The zero-order valence-corrected chi connectivity index (χ0v) is 17.5. The molecule has 6 N–H and O–H groups in total. The van der Waals surface area contributed by atoms with Crippen LogP contribution < -0.4 is 16.4 Å². The van der Waals surface area contributed by atoms with Crippen LogP contribution in [-0.4, -0.2) is 51.8 Å². The van der Waals surface area contributed by atoms with E-state index in [9.17, 15) is 19.5 Å². The average molecular weight is 438 g/mol. The Kier molecular flexibility index (Phi) is 7.37. The highest BCUT2D eigenvalue weighted by Crippen LogP contribution is 2.21. The minimum absolute atomic E-state index is 0.0553. The number of aromatic nitrogens is 1. The van der Waals surface area contributed by atoms with Gasteiger partial charge in [0.25, 0.3) is 0 Å². The molecule has 3 amide bonds. The third-order valence-electron chi connectivity index (χ3n) is 5.31. The first-order valence-electron chi connectivity index (χ1n) is 10.3. The summed E-state index contributed by atoms with van der Waals surface area (Å²) in [7, 11) is 0. The molecule has 2 heterocycles. The Morgan fingerprint density at radius 1 is 1.25 bits per heavy atom. The predicted molar refractivity (Wildman–Crippen MR) is 118 cm³/mol. The molecule has 0 spiro atoms. The number of rotatable bonds is 7. The van der Waals surface area contributed by atoms with Crippen molar-refractivity contribution in [2.24, 2.45) is 11.7 Å². The Morgan fingerprint density at radius 3 is 2.62 bits per heavy atom. The summed E-state index contributed by atoms with van der Waals surface area (Å²) in [5.41, 5.74) is 7.17. The highest BCUT2D eigenvalue weighted by atomic mass is 16.4. The number of nitrogen functional groups attached to an aromatic ring is 1. The van der Waals surface area contributed by atoms with E-state index in [2.05, 4.69) is 15.6 Å². The van der Waals surface area contributed by atoms with Crippen molar-refractivity contribution >= 4 is 29.4 Å². The topological polar surface area (TPSA) is 162 Å². The van der Waals surface area contributed by atoms with Gasteiger partial charge >= 0.3 is 12.0 Å². The summed E-state index contributed by atoms with van der Waals surface area (Å²) in [4.78, 5) is 42.4. The quantitative estimate of drug-likeness (QED) is 0.328. The van der Waals surface area contributed by atoms with Crippen LogP contribution in [0.2, 0.25) is 0 Å². The molecule has 1 aromatic heterocycles. The molecule has 0 aliphatic carbocycles. The van der Waals surface area contributed by atoms with E-state index in [1.807, 2.05) is 0 Å². The van der Waals surface area contributed by atoms with Gasteiger partial charge in [-0.2, -0.15) is 0 Å². The second-order valence-corrected chi connectivity index (χ2v) is 7.65. The van der Waals surface area contributed by atoms with Gasteiger partial charge in [0.05, 0.1) is 18.4 Å². The van der Waals surface area contributed by atoms with E-state index in [1.54, 1.807) is 47.5 Å². The molecular weight excluding hydrogens is 412 g/mol. The van der Waals surface area contributed by atoms with E-state index in [-0.39, 0.29) is 30.7 Å². The van der Waals surface area contributed by atoms with E-state index in [0.717, 1.165) is 0 Å². The van der Waals surface area contributed by atoms with Crippen molar-refractivity contribution in [1.82, 2.24) is 15.2 Å². The van der Waals surface area contributed by atoms with Gasteiger partial charge in [0.2, 0.25) is 5.91 Å². The number of hydrogen-bond donors (Lipinski definition) is 5. The predicted octanol–water partition coefficient (Wildman–Crippen LogP) is 1.94. The van der Waals surface area contributed by atoms with Crippen molar-refractivity contribution in [2.75, 3.05) is 18.4 Å². The fraction of sp³-hybridized carbons (Fsp3) is 0.318. The van der Waals surface area contributed by atoms with Crippen molar-refractivity contribution in [3.05, 3.63) is 59.9 Å². The minimum Gasteiger partial charge on any atom is -0.481 e. The first-order valence-corrected chi connectivity index (χ1v) is 10.3. The summed E-state index contributed by atoms with van der Waals surface area (Å²) in [6, 6.07) is 8.99. The van der Waals surface area contributed by atoms with E-state index in [1.165, 1.54) is 6.20 Å². The fourth-order valence-electron chi connectivity index (χ4n) is 3.61. The number of hydrogen-bond acceptors (Lipinski definition) is 5. The van der Waals surface area contributed by atoms with Gasteiger partial charge in [0.15, 0.2) is 0 Å².